The van der Waals surface area contributed by atoms with Gasteiger partial charge in [-0.2, -0.15) is 0 Å². The fraction of sp³-hybridized carbons (Fsp3) is 0.471. The van der Waals surface area contributed by atoms with Gasteiger partial charge in [-0.1, -0.05) is 35.0 Å². The lowest BCUT2D eigenvalue weighted by molar-refractivity contribution is 0.200. The molecule has 1 aromatic carbocycles. The average Bonchev–Trinajstić information content (AvgIpc) is 3.04. The molecule has 21 heavy (non-hydrogen) atoms. The lowest BCUT2D eigenvalue weighted by Crippen LogP contribution is -2.37. The highest BCUT2D eigenvalue weighted by atomic mass is 79.9. The van der Waals surface area contributed by atoms with Crippen LogP contribution < -0.4 is 5.32 Å². The van der Waals surface area contributed by atoms with E-state index in [1.807, 2.05) is 12.3 Å². The van der Waals surface area contributed by atoms with E-state index in [0.29, 0.717) is 6.04 Å². The van der Waals surface area contributed by atoms with Gasteiger partial charge in [-0.05, 0) is 43.6 Å². The van der Waals surface area contributed by atoms with Gasteiger partial charge < -0.3 is 5.32 Å². The van der Waals surface area contributed by atoms with Crippen molar-refractivity contribution in [1.82, 2.24) is 15.2 Å². The number of nitrogens with one attached hydrogen (secondary N) is 1. The van der Waals surface area contributed by atoms with Crippen molar-refractivity contribution >= 4 is 26.8 Å². The molecule has 1 saturated heterocycles. The summed E-state index contributed by atoms with van der Waals surface area (Å²) in [7, 11) is 0. The molecule has 1 aliphatic rings. The third-order valence-corrected chi connectivity index (χ3v) is 4.93. The van der Waals surface area contributed by atoms with E-state index in [2.05, 4.69) is 56.3 Å². The van der Waals surface area contributed by atoms with Crippen molar-refractivity contribution in [1.29, 1.82) is 0 Å². The minimum Gasteiger partial charge on any atom is -0.315 e. The molecular weight excluding hydrogens is 326 g/mol. The van der Waals surface area contributed by atoms with Crippen molar-refractivity contribution in [3.05, 3.63) is 40.5 Å². The van der Waals surface area contributed by atoms with Crippen molar-refractivity contribution in [3.8, 4) is 0 Å². The Bertz CT molecular complexity index is 608. The van der Waals surface area contributed by atoms with Crippen LogP contribution in [-0.2, 0) is 6.54 Å². The molecule has 0 bridgehead atoms. The standard InChI is InChI=1S/C17H22BrN3/c1-2-10-21(14-7-9-19-11-14)12-13-5-6-16(18)15-4-3-8-20-17(13)15/h3-6,8,14,19H,2,7,9-12H2,1H3. The van der Waals surface area contributed by atoms with Gasteiger partial charge in [0.2, 0.25) is 0 Å². The smallest absolute Gasteiger partial charge is 0.0758 e. The molecular formula is C17H22BrN3. The molecule has 1 aliphatic heterocycles. The fourth-order valence-corrected chi connectivity index (χ4v) is 3.62. The van der Waals surface area contributed by atoms with E-state index in [4.69, 9.17) is 0 Å². The number of halogens is 1. The van der Waals surface area contributed by atoms with Gasteiger partial charge >= 0.3 is 0 Å². The summed E-state index contributed by atoms with van der Waals surface area (Å²) in [6.07, 6.45) is 4.33. The zero-order valence-corrected chi connectivity index (χ0v) is 14.1. The number of rotatable bonds is 5. The van der Waals surface area contributed by atoms with Crippen molar-refractivity contribution < 1.29 is 0 Å². The van der Waals surface area contributed by atoms with Crippen molar-refractivity contribution in [2.75, 3.05) is 19.6 Å². The van der Waals surface area contributed by atoms with Gasteiger partial charge in [-0.25, -0.2) is 0 Å². The monoisotopic (exact) mass is 347 g/mol. The summed E-state index contributed by atoms with van der Waals surface area (Å²) in [5.74, 6) is 0. The molecule has 2 heterocycles. The topological polar surface area (TPSA) is 28.2 Å². The Morgan fingerprint density at radius 2 is 2.29 bits per heavy atom. The second-order valence-electron chi connectivity index (χ2n) is 5.72. The SMILES string of the molecule is CCCN(Cc1ccc(Br)c2cccnc12)C1CCNC1. The van der Waals surface area contributed by atoms with Crippen LogP contribution in [0.5, 0.6) is 0 Å². The molecule has 0 radical (unpaired) electrons. The molecule has 4 heteroatoms. The van der Waals surface area contributed by atoms with Gasteiger partial charge in [-0.15, -0.1) is 0 Å². The minimum absolute atomic E-state index is 0.660. The van der Waals surface area contributed by atoms with Crippen LogP contribution in [0.3, 0.4) is 0 Å². The Hall–Kier alpha value is -0.970. The van der Waals surface area contributed by atoms with Gasteiger partial charge in [0.1, 0.15) is 0 Å². The van der Waals surface area contributed by atoms with Gasteiger partial charge in [0.25, 0.3) is 0 Å². The van der Waals surface area contributed by atoms with E-state index in [-0.39, 0.29) is 0 Å². The van der Waals surface area contributed by atoms with Gasteiger partial charge in [0, 0.05) is 35.2 Å². The lowest BCUT2D eigenvalue weighted by Gasteiger charge is -2.28. The summed E-state index contributed by atoms with van der Waals surface area (Å²) >= 11 is 3.63. The molecule has 0 amide bonds. The highest BCUT2D eigenvalue weighted by molar-refractivity contribution is 9.10. The second kappa shape index (κ2) is 6.86. The number of pyridine rings is 1. The van der Waals surface area contributed by atoms with Gasteiger partial charge in [0.05, 0.1) is 5.52 Å². The molecule has 0 aliphatic carbocycles. The number of aromatic nitrogens is 1. The Kier molecular flexibility index (Phi) is 4.88. The molecule has 112 valence electrons. The van der Waals surface area contributed by atoms with E-state index < -0.39 is 0 Å². The third-order valence-electron chi connectivity index (χ3n) is 4.23. The zero-order chi connectivity index (χ0) is 14.7. The van der Waals surface area contributed by atoms with Gasteiger partial charge in [-0.3, -0.25) is 9.88 Å². The van der Waals surface area contributed by atoms with E-state index >= 15 is 0 Å². The summed E-state index contributed by atoms with van der Waals surface area (Å²) in [5.41, 5.74) is 2.45. The first-order valence-corrected chi connectivity index (χ1v) is 8.55. The largest absolute Gasteiger partial charge is 0.315 e. The second-order valence-corrected chi connectivity index (χ2v) is 6.58. The Labute approximate surface area is 134 Å². The lowest BCUT2D eigenvalue weighted by atomic mass is 10.1. The molecule has 1 fully saturated rings. The first-order valence-electron chi connectivity index (χ1n) is 7.76. The molecule has 2 aromatic rings. The number of hydrogen-bond donors (Lipinski definition) is 1. The van der Waals surface area contributed by atoms with E-state index in [9.17, 15) is 0 Å². The first-order chi connectivity index (χ1) is 10.3. The maximum Gasteiger partial charge on any atom is 0.0758 e. The van der Waals surface area contributed by atoms with Crippen LogP contribution in [0.15, 0.2) is 34.9 Å². The van der Waals surface area contributed by atoms with Crippen molar-refractivity contribution in [2.24, 2.45) is 0 Å². The quantitative estimate of drug-likeness (QED) is 0.895. The molecule has 3 nitrogen and oxygen atoms in total. The summed E-state index contributed by atoms with van der Waals surface area (Å²) in [5, 5.41) is 4.68. The van der Waals surface area contributed by atoms with Crippen LogP contribution in [-0.4, -0.2) is 35.6 Å². The summed E-state index contributed by atoms with van der Waals surface area (Å²) < 4.78 is 1.12. The molecule has 1 N–H and O–H groups in total. The van der Waals surface area contributed by atoms with E-state index in [0.717, 1.165) is 36.2 Å². The Morgan fingerprint density at radius 3 is 3.05 bits per heavy atom. The highest BCUT2D eigenvalue weighted by Crippen LogP contribution is 2.26. The normalized spacial score (nSPS) is 18.7. The van der Waals surface area contributed by atoms with E-state index in [1.165, 1.54) is 23.8 Å². The Balaban J connectivity index is 1.90. The number of nitrogens with zero attached hydrogens (tertiary/aromatic N) is 2. The van der Waals surface area contributed by atoms with Crippen LogP contribution in [0.4, 0.5) is 0 Å². The summed E-state index contributed by atoms with van der Waals surface area (Å²) in [6.45, 7) is 6.65. The first kappa shape index (κ1) is 14.9. The fourth-order valence-electron chi connectivity index (χ4n) is 3.17. The van der Waals surface area contributed by atoms with Crippen LogP contribution in [0, 0.1) is 0 Å². The van der Waals surface area contributed by atoms with Crippen molar-refractivity contribution in [2.45, 2.75) is 32.4 Å². The van der Waals surface area contributed by atoms with Crippen LogP contribution in [0.1, 0.15) is 25.3 Å². The van der Waals surface area contributed by atoms with Gasteiger partial charge in [0.15, 0.2) is 0 Å². The molecule has 1 atom stereocenters. The number of hydrogen-bond acceptors (Lipinski definition) is 3. The molecule has 0 saturated carbocycles. The maximum atomic E-state index is 4.61. The van der Waals surface area contributed by atoms with Crippen molar-refractivity contribution in [3.63, 3.8) is 0 Å². The molecule has 1 unspecified atom stereocenters. The highest BCUT2D eigenvalue weighted by Gasteiger charge is 2.22. The average molecular weight is 348 g/mol. The third kappa shape index (κ3) is 3.28. The number of fused-ring (bicyclic) bond motifs is 1. The minimum atomic E-state index is 0.660. The summed E-state index contributed by atoms with van der Waals surface area (Å²) in [4.78, 5) is 7.22. The van der Waals surface area contributed by atoms with Crippen LogP contribution in [0.25, 0.3) is 10.9 Å². The van der Waals surface area contributed by atoms with Crippen LogP contribution in [0.2, 0.25) is 0 Å². The zero-order valence-electron chi connectivity index (χ0n) is 12.5. The molecule has 0 spiro atoms. The molecule has 1 aromatic heterocycles. The summed E-state index contributed by atoms with van der Waals surface area (Å²) in [6, 6.07) is 9.16. The molecule has 3 rings (SSSR count). The predicted molar refractivity (Wildman–Crippen MR) is 91.4 cm³/mol. The maximum absolute atomic E-state index is 4.61. The van der Waals surface area contributed by atoms with E-state index in [1.54, 1.807) is 0 Å². The van der Waals surface area contributed by atoms with Crippen LogP contribution >= 0.6 is 15.9 Å². The Morgan fingerprint density at radius 1 is 1.38 bits per heavy atom. The predicted octanol–water partition coefficient (Wildman–Crippen LogP) is 3.57. The number of benzene rings is 1.